The molecule has 0 aromatic heterocycles. The maximum Gasteiger partial charge on any atom is 0.337 e. The summed E-state index contributed by atoms with van der Waals surface area (Å²) in [6, 6.07) is 15.7. The van der Waals surface area contributed by atoms with Gasteiger partial charge in [-0.2, -0.15) is 0 Å². The number of ether oxygens (including phenoxy) is 1. The zero-order valence-electron chi connectivity index (χ0n) is 9.31. The fourth-order valence-electron chi connectivity index (χ4n) is 1.61. The number of esters is 1. The predicted molar refractivity (Wildman–Crippen MR) is 75.9 cm³/mol. The molecule has 86 valence electrons. The van der Waals surface area contributed by atoms with Crippen molar-refractivity contribution in [2.45, 2.75) is 0 Å². The lowest BCUT2D eigenvalue weighted by molar-refractivity contribution is 0.0600. The van der Waals surface area contributed by atoms with Crippen molar-refractivity contribution in [3.8, 4) is 11.1 Å². The Balaban J connectivity index is 2.42. The van der Waals surface area contributed by atoms with Crippen molar-refractivity contribution in [3.05, 3.63) is 57.7 Å². The Labute approximate surface area is 114 Å². The number of benzene rings is 2. The van der Waals surface area contributed by atoms with Crippen LogP contribution in [0.3, 0.4) is 0 Å². The normalized spacial score (nSPS) is 10.0. The van der Waals surface area contributed by atoms with E-state index in [0.717, 1.165) is 14.7 Å². The van der Waals surface area contributed by atoms with Gasteiger partial charge in [-0.15, -0.1) is 0 Å². The molecule has 2 aromatic rings. The van der Waals surface area contributed by atoms with Gasteiger partial charge in [-0.1, -0.05) is 36.4 Å². The molecule has 0 bridgehead atoms. The van der Waals surface area contributed by atoms with Gasteiger partial charge in [0, 0.05) is 3.57 Å². The summed E-state index contributed by atoms with van der Waals surface area (Å²) in [5.74, 6) is -0.303. The largest absolute Gasteiger partial charge is 0.465 e. The molecule has 0 aliphatic heterocycles. The molecule has 2 rings (SSSR count). The minimum absolute atomic E-state index is 0.303. The van der Waals surface area contributed by atoms with Crippen LogP contribution in [0.2, 0.25) is 0 Å². The van der Waals surface area contributed by atoms with Gasteiger partial charge in [0.1, 0.15) is 0 Å². The Morgan fingerprint density at radius 2 is 1.82 bits per heavy atom. The minimum Gasteiger partial charge on any atom is -0.465 e. The van der Waals surface area contributed by atoms with Gasteiger partial charge >= 0.3 is 5.97 Å². The average Bonchev–Trinajstić information content (AvgIpc) is 2.38. The first-order chi connectivity index (χ1) is 8.22. The summed E-state index contributed by atoms with van der Waals surface area (Å²) in [7, 11) is 1.39. The summed E-state index contributed by atoms with van der Waals surface area (Å²) in [6.07, 6.45) is 0. The summed E-state index contributed by atoms with van der Waals surface area (Å²) < 4.78 is 5.73. The standard InChI is InChI=1S/C14H11IO2/c1-17-14(16)11-7-8-12(13(15)9-11)10-5-3-2-4-6-10/h2-9H,1H3. The summed E-state index contributed by atoms with van der Waals surface area (Å²) in [5, 5.41) is 0. The first-order valence-electron chi connectivity index (χ1n) is 5.15. The second-order valence-electron chi connectivity index (χ2n) is 3.55. The van der Waals surface area contributed by atoms with Crippen molar-refractivity contribution in [1.29, 1.82) is 0 Å². The van der Waals surface area contributed by atoms with Gasteiger partial charge in [-0.05, 0) is 45.9 Å². The third-order valence-corrected chi connectivity index (χ3v) is 3.37. The van der Waals surface area contributed by atoms with Crippen molar-refractivity contribution < 1.29 is 9.53 Å². The van der Waals surface area contributed by atoms with Crippen LogP contribution in [0.4, 0.5) is 0 Å². The lowest BCUT2D eigenvalue weighted by atomic mass is 10.0. The fraction of sp³-hybridized carbons (Fsp3) is 0.0714. The SMILES string of the molecule is COC(=O)c1ccc(-c2ccccc2)c(I)c1. The summed E-state index contributed by atoms with van der Waals surface area (Å²) >= 11 is 2.23. The third kappa shape index (κ3) is 2.66. The molecule has 2 nitrogen and oxygen atoms in total. The Morgan fingerprint density at radius 3 is 2.41 bits per heavy atom. The average molecular weight is 338 g/mol. The van der Waals surface area contributed by atoms with E-state index in [1.807, 2.05) is 30.3 Å². The van der Waals surface area contributed by atoms with Crippen LogP contribution in [0.25, 0.3) is 11.1 Å². The lowest BCUT2D eigenvalue weighted by Crippen LogP contribution is -2.01. The molecule has 0 fully saturated rings. The van der Waals surface area contributed by atoms with E-state index in [2.05, 4.69) is 34.7 Å². The highest BCUT2D eigenvalue weighted by molar-refractivity contribution is 14.1. The molecule has 0 saturated carbocycles. The number of halogens is 1. The molecular weight excluding hydrogens is 327 g/mol. The molecule has 0 aliphatic rings. The molecule has 0 N–H and O–H groups in total. The number of hydrogen-bond donors (Lipinski definition) is 0. The molecule has 2 aromatic carbocycles. The molecular formula is C14H11IO2. The number of rotatable bonds is 2. The smallest absolute Gasteiger partial charge is 0.337 e. The van der Waals surface area contributed by atoms with Crippen LogP contribution in [-0.4, -0.2) is 13.1 Å². The van der Waals surface area contributed by atoms with Gasteiger partial charge < -0.3 is 4.74 Å². The number of methoxy groups -OCH3 is 1. The molecule has 0 aliphatic carbocycles. The monoisotopic (exact) mass is 338 g/mol. The van der Waals surface area contributed by atoms with Gasteiger partial charge in [0.05, 0.1) is 12.7 Å². The number of carbonyl (C=O) groups excluding carboxylic acids is 1. The number of hydrogen-bond acceptors (Lipinski definition) is 2. The van der Waals surface area contributed by atoms with Gasteiger partial charge in [0.2, 0.25) is 0 Å². The summed E-state index contributed by atoms with van der Waals surface area (Å²) in [5.41, 5.74) is 2.85. The molecule has 17 heavy (non-hydrogen) atoms. The maximum atomic E-state index is 11.4. The van der Waals surface area contributed by atoms with Gasteiger partial charge in [-0.3, -0.25) is 0 Å². The van der Waals surface area contributed by atoms with E-state index in [4.69, 9.17) is 4.74 Å². The van der Waals surface area contributed by atoms with Gasteiger partial charge in [0.25, 0.3) is 0 Å². The highest BCUT2D eigenvalue weighted by Gasteiger charge is 2.09. The molecule has 0 unspecified atom stereocenters. The van der Waals surface area contributed by atoms with Crippen molar-refractivity contribution in [2.75, 3.05) is 7.11 Å². The van der Waals surface area contributed by atoms with Crippen molar-refractivity contribution in [1.82, 2.24) is 0 Å². The maximum absolute atomic E-state index is 11.4. The second kappa shape index (κ2) is 5.31. The van der Waals surface area contributed by atoms with E-state index in [9.17, 15) is 4.79 Å². The van der Waals surface area contributed by atoms with Gasteiger partial charge in [-0.25, -0.2) is 4.79 Å². The molecule has 0 amide bonds. The lowest BCUT2D eigenvalue weighted by Gasteiger charge is -2.06. The Hall–Kier alpha value is -1.36. The van der Waals surface area contributed by atoms with Crippen LogP contribution >= 0.6 is 22.6 Å². The van der Waals surface area contributed by atoms with Crippen molar-refractivity contribution in [2.24, 2.45) is 0 Å². The minimum atomic E-state index is -0.303. The molecule has 0 atom stereocenters. The predicted octanol–water partition coefficient (Wildman–Crippen LogP) is 3.74. The Morgan fingerprint density at radius 1 is 1.12 bits per heavy atom. The summed E-state index contributed by atoms with van der Waals surface area (Å²) in [6.45, 7) is 0. The fourth-order valence-corrected chi connectivity index (χ4v) is 2.44. The Kier molecular flexibility index (Phi) is 3.78. The second-order valence-corrected chi connectivity index (χ2v) is 4.71. The number of carbonyl (C=O) groups is 1. The van der Waals surface area contributed by atoms with Gasteiger partial charge in [0.15, 0.2) is 0 Å². The quantitative estimate of drug-likeness (QED) is 0.616. The van der Waals surface area contributed by atoms with E-state index < -0.39 is 0 Å². The van der Waals surface area contributed by atoms with E-state index in [-0.39, 0.29) is 5.97 Å². The highest BCUT2D eigenvalue weighted by Crippen LogP contribution is 2.26. The van der Waals surface area contributed by atoms with Crippen LogP contribution in [0.15, 0.2) is 48.5 Å². The van der Waals surface area contributed by atoms with E-state index in [1.165, 1.54) is 7.11 Å². The Bertz CT molecular complexity index is 535. The first kappa shape index (κ1) is 12.1. The molecule has 0 radical (unpaired) electrons. The van der Waals surface area contributed by atoms with Crippen LogP contribution in [-0.2, 0) is 4.74 Å². The van der Waals surface area contributed by atoms with E-state index in [0.29, 0.717) is 5.56 Å². The zero-order chi connectivity index (χ0) is 12.3. The molecule has 0 saturated heterocycles. The summed E-state index contributed by atoms with van der Waals surface area (Å²) in [4.78, 5) is 11.4. The van der Waals surface area contributed by atoms with Crippen LogP contribution in [0.5, 0.6) is 0 Å². The highest BCUT2D eigenvalue weighted by atomic mass is 127. The van der Waals surface area contributed by atoms with Crippen LogP contribution in [0.1, 0.15) is 10.4 Å². The molecule has 0 spiro atoms. The van der Waals surface area contributed by atoms with Crippen molar-refractivity contribution in [3.63, 3.8) is 0 Å². The third-order valence-electron chi connectivity index (χ3n) is 2.47. The van der Waals surface area contributed by atoms with Crippen molar-refractivity contribution >= 4 is 28.6 Å². The first-order valence-corrected chi connectivity index (χ1v) is 6.23. The zero-order valence-corrected chi connectivity index (χ0v) is 11.5. The molecule has 0 heterocycles. The van der Waals surface area contributed by atoms with E-state index >= 15 is 0 Å². The van der Waals surface area contributed by atoms with E-state index in [1.54, 1.807) is 6.07 Å². The van der Waals surface area contributed by atoms with Crippen LogP contribution < -0.4 is 0 Å². The van der Waals surface area contributed by atoms with Crippen LogP contribution in [0, 0.1) is 3.57 Å². The topological polar surface area (TPSA) is 26.3 Å². The molecule has 3 heteroatoms.